The number of rotatable bonds is 8. The lowest BCUT2D eigenvalue weighted by Crippen LogP contribution is -2.42. The average molecular weight is 498 g/mol. The third-order valence-corrected chi connectivity index (χ3v) is 8.36. The van der Waals surface area contributed by atoms with Gasteiger partial charge in [0, 0.05) is 31.6 Å². The molecular formula is C21H27N3O7S2. The van der Waals surface area contributed by atoms with Crippen molar-refractivity contribution in [3.05, 3.63) is 48.0 Å². The topological polar surface area (TPSA) is 145 Å². The molecular weight excluding hydrogens is 470 g/mol. The summed E-state index contributed by atoms with van der Waals surface area (Å²) in [6.07, 6.45) is 0.783. The number of hydrogen-bond donors (Lipinski definition) is 2. The maximum Gasteiger partial charge on any atom is 0.243 e. The van der Waals surface area contributed by atoms with E-state index in [0.717, 1.165) is 5.56 Å². The fourth-order valence-electron chi connectivity index (χ4n) is 3.61. The predicted molar refractivity (Wildman–Crippen MR) is 121 cm³/mol. The Morgan fingerprint density at radius 1 is 0.970 bits per heavy atom. The van der Waals surface area contributed by atoms with Crippen LogP contribution in [0.1, 0.15) is 18.4 Å². The van der Waals surface area contributed by atoms with Crippen molar-refractivity contribution in [2.45, 2.75) is 29.2 Å². The first-order chi connectivity index (χ1) is 15.6. The lowest BCUT2D eigenvalue weighted by Gasteiger charge is -2.30. The average Bonchev–Trinajstić information content (AvgIpc) is 2.81. The van der Waals surface area contributed by atoms with Crippen LogP contribution >= 0.6 is 0 Å². The van der Waals surface area contributed by atoms with Crippen molar-refractivity contribution in [2.24, 2.45) is 11.1 Å². The third kappa shape index (κ3) is 5.82. The van der Waals surface area contributed by atoms with Crippen LogP contribution in [0.15, 0.2) is 52.3 Å². The molecule has 12 heteroatoms. The van der Waals surface area contributed by atoms with Crippen molar-refractivity contribution < 1.29 is 31.1 Å². The van der Waals surface area contributed by atoms with E-state index in [9.17, 15) is 21.6 Å². The SMILES string of the molecule is COc1ccc(S(=O)(=O)N2CCC(C(=O)NCc3ccc(S(N)(=O)=O)cc3)CC2)cc1OC. The summed E-state index contributed by atoms with van der Waals surface area (Å²) in [6.45, 7) is 0.670. The van der Waals surface area contributed by atoms with E-state index in [2.05, 4.69) is 5.32 Å². The molecule has 1 amide bonds. The summed E-state index contributed by atoms with van der Waals surface area (Å²) < 4.78 is 60.4. The van der Waals surface area contributed by atoms with E-state index in [4.69, 9.17) is 14.6 Å². The van der Waals surface area contributed by atoms with Gasteiger partial charge in [0.15, 0.2) is 11.5 Å². The fourth-order valence-corrected chi connectivity index (χ4v) is 5.62. The van der Waals surface area contributed by atoms with E-state index in [1.807, 2.05) is 0 Å². The standard InChI is InChI=1S/C21H27N3O7S2/c1-30-19-8-7-18(13-20(19)31-2)33(28,29)24-11-9-16(10-12-24)21(25)23-14-15-3-5-17(6-4-15)32(22,26)27/h3-8,13,16H,9-12,14H2,1-2H3,(H,23,25)(H2,22,26,27). The number of ether oxygens (including phenoxy) is 2. The predicted octanol–water partition coefficient (Wildman–Crippen LogP) is 1.07. The Hall–Kier alpha value is -2.67. The smallest absolute Gasteiger partial charge is 0.243 e. The van der Waals surface area contributed by atoms with Gasteiger partial charge in [-0.25, -0.2) is 22.0 Å². The van der Waals surface area contributed by atoms with Crippen LogP contribution < -0.4 is 19.9 Å². The zero-order chi connectivity index (χ0) is 24.2. The molecule has 1 aliphatic heterocycles. The molecule has 3 rings (SSSR count). The molecule has 1 aliphatic rings. The van der Waals surface area contributed by atoms with Crippen molar-refractivity contribution in [1.29, 1.82) is 0 Å². The zero-order valence-electron chi connectivity index (χ0n) is 18.4. The highest BCUT2D eigenvalue weighted by molar-refractivity contribution is 7.89. The molecule has 0 bridgehead atoms. The van der Waals surface area contributed by atoms with Gasteiger partial charge in [-0.1, -0.05) is 12.1 Å². The molecule has 3 N–H and O–H groups in total. The molecule has 180 valence electrons. The molecule has 10 nitrogen and oxygen atoms in total. The largest absolute Gasteiger partial charge is 0.493 e. The van der Waals surface area contributed by atoms with Crippen molar-refractivity contribution in [3.8, 4) is 11.5 Å². The first kappa shape index (κ1) is 25.0. The van der Waals surface area contributed by atoms with Crippen LogP contribution in [-0.2, 0) is 31.4 Å². The lowest BCUT2D eigenvalue weighted by atomic mass is 9.97. The van der Waals surface area contributed by atoms with Crippen molar-refractivity contribution >= 4 is 26.0 Å². The third-order valence-electron chi connectivity index (χ3n) is 5.54. The molecule has 2 aromatic rings. The Labute approximate surface area is 193 Å². The number of carbonyl (C=O) groups excluding carboxylic acids is 1. The van der Waals surface area contributed by atoms with Crippen LogP contribution in [0, 0.1) is 5.92 Å². The van der Waals surface area contributed by atoms with Crippen LogP contribution in [0.3, 0.4) is 0 Å². The highest BCUT2D eigenvalue weighted by atomic mass is 32.2. The first-order valence-electron chi connectivity index (χ1n) is 10.2. The summed E-state index contributed by atoms with van der Waals surface area (Å²) in [7, 11) is -4.59. The normalized spacial score (nSPS) is 15.7. The maximum atomic E-state index is 13.0. The molecule has 1 heterocycles. The Bertz CT molecular complexity index is 1200. The number of nitrogens with one attached hydrogen (secondary N) is 1. The van der Waals surface area contributed by atoms with Gasteiger partial charge in [-0.2, -0.15) is 4.31 Å². The minimum absolute atomic E-state index is 0.000590. The number of nitrogens with two attached hydrogens (primary N) is 1. The van der Waals surface area contributed by atoms with E-state index in [1.54, 1.807) is 18.2 Å². The number of amides is 1. The number of carbonyl (C=O) groups is 1. The van der Waals surface area contributed by atoms with Crippen LogP contribution in [-0.4, -0.2) is 54.4 Å². The molecule has 2 aromatic carbocycles. The second-order valence-corrected chi connectivity index (χ2v) is 11.1. The monoisotopic (exact) mass is 497 g/mol. The summed E-state index contributed by atoms with van der Waals surface area (Å²) in [6, 6.07) is 10.4. The van der Waals surface area contributed by atoms with Crippen molar-refractivity contribution in [3.63, 3.8) is 0 Å². The van der Waals surface area contributed by atoms with Crippen LogP contribution in [0.4, 0.5) is 0 Å². The number of piperidine rings is 1. The Morgan fingerprint density at radius 3 is 2.09 bits per heavy atom. The minimum atomic E-state index is -3.77. The summed E-state index contributed by atoms with van der Waals surface area (Å²) >= 11 is 0. The number of primary sulfonamides is 1. The molecule has 0 aliphatic carbocycles. The van der Waals surface area contributed by atoms with Crippen molar-refractivity contribution in [2.75, 3.05) is 27.3 Å². The summed E-state index contributed by atoms with van der Waals surface area (Å²) in [4.78, 5) is 12.7. The quantitative estimate of drug-likeness (QED) is 0.555. The molecule has 0 spiro atoms. The van der Waals surface area contributed by atoms with Gasteiger partial charge < -0.3 is 14.8 Å². The molecule has 0 atom stereocenters. The summed E-state index contributed by atoms with van der Waals surface area (Å²) in [5.74, 6) is 0.273. The van der Waals surface area contributed by atoms with Gasteiger partial charge in [0.2, 0.25) is 26.0 Å². The van der Waals surface area contributed by atoms with Gasteiger partial charge in [0.25, 0.3) is 0 Å². The van der Waals surface area contributed by atoms with E-state index >= 15 is 0 Å². The second kappa shape index (κ2) is 10.1. The molecule has 0 unspecified atom stereocenters. The Morgan fingerprint density at radius 2 is 1.55 bits per heavy atom. The molecule has 0 aromatic heterocycles. The molecule has 33 heavy (non-hydrogen) atoms. The minimum Gasteiger partial charge on any atom is -0.493 e. The fraction of sp³-hybridized carbons (Fsp3) is 0.381. The zero-order valence-corrected chi connectivity index (χ0v) is 20.0. The number of benzene rings is 2. The first-order valence-corrected chi connectivity index (χ1v) is 13.2. The summed E-state index contributed by atoms with van der Waals surface area (Å²) in [5, 5.41) is 7.90. The van der Waals surface area contributed by atoms with E-state index in [-0.39, 0.29) is 41.3 Å². The van der Waals surface area contributed by atoms with E-state index in [1.165, 1.54) is 42.8 Å². The van der Waals surface area contributed by atoms with Crippen molar-refractivity contribution in [1.82, 2.24) is 9.62 Å². The Balaban J connectivity index is 1.57. The lowest BCUT2D eigenvalue weighted by molar-refractivity contribution is -0.126. The highest BCUT2D eigenvalue weighted by Gasteiger charge is 2.32. The van der Waals surface area contributed by atoms with E-state index < -0.39 is 20.0 Å². The molecule has 0 radical (unpaired) electrons. The van der Waals surface area contributed by atoms with Gasteiger partial charge in [-0.3, -0.25) is 4.79 Å². The Kier molecular flexibility index (Phi) is 7.62. The van der Waals surface area contributed by atoms with Crippen LogP contribution in [0.2, 0.25) is 0 Å². The maximum absolute atomic E-state index is 13.0. The van der Waals surface area contributed by atoms with Gasteiger partial charge in [0.05, 0.1) is 24.0 Å². The van der Waals surface area contributed by atoms with Gasteiger partial charge in [-0.15, -0.1) is 0 Å². The van der Waals surface area contributed by atoms with Crippen LogP contribution in [0.25, 0.3) is 0 Å². The van der Waals surface area contributed by atoms with Gasteiger partial charge in [-0.05, 0) is 42.7 Å². The highest BCUT2D eigenvalue weighted by Crippen LogP contribution is 2.32. The number of nitrogens with zero attached hydrogens (tertiary/aromatic N) is 1. The van der Waals surface area contributed by atoms with Gasteiger partial charge >= 0.3 is 0 Å². The molecule has 0 saturated carbocycles. The van der Waals surface area contributed by atoms with Gasteiger partial charge in [0.1, 0.15) is 0 Å². The molecule has 1 saturated heterocycles. The second-order valence-electron chi connectivity index (χ2n) is 7.60. The van der Waals surface area contributed by atoms with Crippen LogP contribution in [0.5, 0.6) is 11.5 Å². The number of sulfonamides is 2. The molecule has 1 fully saturated rings. The number of methoxy groups -OCH3 is 2. The summed E-state index contributed by atoms with van der Waals surface area (Å²) in [5.41, 5.74) is 0.726. The number of hydrogen-bond acceptors (Lipinski definition) is 7. The van der Waals surface area contributed by atoms with E-state index in [0.29, 0.717) is 24.3 Å².